The van der Waals surface area contributed by atoms with Crippen LogP contribution in [0.25, 0.3) is 0 Å². The summed E-state index contributed by atoms with van der Waals surface area (Å²) in [5, 5.41) is 2.82. The number of thioether (sulfide) groups is 1. The van der Waals surface area contributed by atoms with Gasteiger partial charge in [-0.15, -0.1) is 11.8 Å². The molecule has 2 N–H and O–H groups in total. The average Bonchev–Trinajstić information content (AvgIpc) is 2.51. The highest BCUT2D eigenvalue weighted by Gasteiger charge is 2.25. The molecule has 0 unspecified atom stereocenters. The van der Waals surface area contributed by atoms with Gasteiger partial charge in [0.15, 0.2) is 0 Å². The van der Waals surface area contributed by atoms with Crippen LogP contribution < -0.4 is 10.0 Å². The molecule has 0 aromatic heterocycles. The molecule has 0 atom stereocenters. The second-order valence-electron chi connectivity index (χ2n) is 7.14. The van der Waals surface area contributed by atoms with Crippen molar-refractivity contribution in [3.63, 3.8) is 0 Å². The molecule has 1 aromatic carbocycles. The van der Waals surface area contributed by atoms with E-state index < -0.39 is 10.0 Å². The summed E-state index contributed by atoms with van der Waals surface area (Å²) in [4.78, 5) is 13.0. The van der Waals surface area contributed by atoms with E-state index in [-0.39, 0.29) is 34.6 Å². The van der Waals surface area contributed by atoms with Crippen LogP contribution in [0, 0.1) is 17.8 Å². The minimum Gasteiger partial charge on any atom is -0.325 e. The minimum absolute atomic E-state index is 0.139. The van der Waals surface area contributed by atoms with Crippen molar-refractivity contribution in [2.24, 2.45) is 17.8 Å². The van der Waals surface area contributed by atoms with E-state index in [0.29, 0.717) is 5.69 Å². The summed E-state index contributed by atoms with van der Waals surface area (Å²) in [5.74, 6) is 0.0418. The average molecular weight is 387 g/mol. The monoisotopic (exact) mass is 386 g/mol. The van der Waals surface area contributed by atoms with Crippen LogP contribution in [0.2, 0.25) is 0 Å². The summed E-state index contributed by atoms with van der Waals surface area (Å²) in [6, 6.07) is 4.69. The van der Waals surface area contributed by atoms with Crippen LogP contribution in [0.15, 0.2) is 28.0 Å². The molecule has 0 saturated heterocycles. The number of rotatable bonds is 8. The molecule has 25 heavy (non-hydrogen) atoms. The first-order chi connectivity index (χ1) is 11.5. The van der Waals surface area contributed by atoms with Crippen molar-refractivity contribution in [1.82, 2.24) is 4.72 Å². The normalized spacial score (nSPS) is 12.4. The van der Waals surface area contributed by atoms with Crippen molar-refractivity contribution in [3.05, 3.63) is 18.2 Å². The molecule has 5 nitrogen and oxygen atoms in total. The highest BCUT2D eigenvalue weighted by molar-refractivity contribution is 7.98. The third-order valence-electron chi connectivity index (χ3n) is 3.99. The number of sulfonamides is 1. The van der Waals surface area contributed by atoms with Gasteiger partial charge >= 0.3 is 0 Å². The Labute approximate surface area is 156 Å². The van der Waals surface area contributed by atoms with Gasteiger partial charge in [0.25, 0.3) is 0 Å². The topological polar surface area (TPSA) is 75.3 Å². The third-order valence-corrected chi connectivity index (χ3v) is 6.24. The van der Waals surface area contributed by atoms with Crippen LogP contribution in [0.3, 0.4) is 0 Å². The van der Waals surface area contributed by atoms with Crippen molar-refractivity contribution < 1.29 is 13.2 Å². The van der Waals surface area contributed by atoms with Crippen molar-refractivity contribution in [1.29, 1.82) is 0 Å². The van der Waals surface area contributed by atoms with Gasteiger partial charge in [-0.1, -0.05) is 41.5 Å². The molecule has 0 fully saturated rings. The van der Waals surface area contributed by atoms with Crippen LogP contribution in [-0.4, -0.2) is 26.6 Å². The molecule has 0 radical (unpaired) electrons. The van der Waals surface area contributed by atoms with Crippen LogP contribution in [0.5, 0.6) is 0 Å². The van der Waals surface area contributed by atoms with E-state index in [9.17, 15) is 13.2 Å². The number of anilines is 1. The van der Waals surface area contributed by atoms with Crippen LogP contribution in [0.1, 0.15) is 41.5 Å². The van der Waals surface area contributed by atoms with Gasteiger partial charge in [0.1, 0.15) is 0 Å². The van der Waals surface area contributed by atoms with E-state index >= 15 is 0 Å². The first kappa shape index (κ1) is 22.0. The van der Waals surface area contributed by atoms with Gasteiger partial charge in [-0.3, -0.25) is 4.79 Å². The van der Waals surface area contributed by atoms with Gasteiger partial charge in [0.2, 0.25) is 15.9 Å². The largest absolute Gasteiger partial charge is 0.325 e. The quantitative estimate of drug-likeness (QED) is 0.663. The predicted octanol–water partition coefficient (Wildman–Crippen LogP) is 3.96. The first-order valence-electron chi connectivity index (χ1n) is 8.50. The maximum absolute atomic E-state index is 12.8. The van der Waals surface area contributed by atoms with Crippen molar-refractivity contribution in [3.8, 4) is 0 Å². The van der Waals surface area contributed by atoms with Gasteiger partial charge < -0.3 is 5.32 Å². The molecule has 0 bridgehead atoms. The fourth-order valence-corrected chi connectivity index (χ4v) is 4.61. The van der Waals surface area contributed by atoms with Gasteiger partial charge in [0.05, 0.1) is 10.6 Å². The molecule has 0 spiro atoms. The van der Waals surface area contributed by atoms with Crippen LogP contribution >= 0.6 is 11.8 Å². The molecule has 0 aliphatic carbocycles. The van der Waals surface area contributed by atoms with Gasteiger partial charge in [0, 0.05) is 16.9 Å². The van der Waals surface area contributed by atoms with E-state index in [4.69, 9.17) is 0 Å². The third kappa shape index (κ3) is 6.01. The Balaban J connectivity index is 3.21. The Morgan fingerprint density at radius 2 is 1.60 bits per heavy atom. The fourth-order valence-electron chi connectivity index (χ4n) is 2.52. The van der Waals surface area contributed by atoms with E-state index in [2.05, 4.69) is 10.0 Å². The van der Waals surface area contributed by atoms with E-state index in [1.54, 1.807) is 26.0 Å². The Hall–Kier alpha value is -1.05. The molecular formula is C18H30N2O3S2. The number of hydrogen-bond donors (Lipinski definition) is 2. The number of hydrogen-bond acceptors (Lipinski definition) is 4. The van der Waals surface area contributed by atoms with Crippen LogP contribution in [0.4, 0.5) is 5.69 Å². The lowest BCUT2D eigenvalue weighted by atomic mass is 9.94. The summed E-state index contributed by atoms with van der Waals surface area (Å²) >= 11 is 1.46. The second-order valence-corrected chi connectivity index (χ2v) is 9.70. The summed E-state index contributed by atoms with van der Waals surface area (Å²) in [5.41, 5.74) is 0.528. The molecule has 0 aliphatic heterocycles. The molecule has 142 valence electrons. The van der Waals surface area contributed by atoms with Crippen LogP contribution in [-0.2, 0) is 14.8 Å². The Morgan fingerprint density at radius 1 is 1.04 bits per heavy atom. The predicted molar refractivity (Wildman–Crippen MR) is 105 cm³/mol. The maximum atomic E-state index is 12.8. The lowest BCUT2D eigenvalue weighted by Gasteiger charge is -2.26. The second kappa shape index (κ2) is 9.05. The van der Waals surface area contributed by atoms with E-state index in [0.717, 1.165) is 4.90 Å². The molecule has 7 heteroatoms. The SMILES string of the molecule is CSc1ccc(S(=O)(=O)NC(C(C)C)C(C)C)cc1NC(=O)C(C)C. The molecule has 0 aliphatic rings. The zero-order valence-corrected chi connectivity index (χ0v) is 17.7. The number of benzene rings is 1. The van der Waals surface area contributed by atoms with Gasteiger partial charge in [-0.2, -0.15) is 0 Å². The number of nitrogens with one attached hydrogen (secondary N) is 2. The molecule has 0 heterocycles. The summed E-state index contributed by atoms with van der Waals surface area (Å²) in [6.45, 7) is 11.6. The van der Waals surface area contributed by atoms with Gasteiger partial charge in [-0.25, -0.2) is 13.1 Å². The summed E-state index contributed by atoms with van der Waals surface area (Å²) < 4.78 is 28.4. The van der Waals surface area contributed by atoms with E-state index in [1.165, 1.54) is 17.8 Å². The Morgan fingerprint density at radius 3 is 2.04 bits per heavy atom. The van der Waals surface area contributed by atoms with Gasteiger partial charge in [-0.05, 0) is 36.3 Å². The molecule has 1 rings (SSSR count). The first-order valence-corrected chi connectivity index (χ1v) is 11.2. The number of amides is 1. The Bertz CT molecular complexity index is 690. The fraction of sp³-hybridized carbons (Fsp3) is 0.611. The number of carbonyl (C=O) groups is 1. The maximum Gasteiger partial charge on any atom is 0.240 e. The summed E-state index contributed by atoms with van der Waals surface area (Å²) in [7, 11) is -3.66. The molecule has 1 amide bonds. The highest BCUT2D eigenvalue weighted by Crippen LogP contribution is 2.29. The standard InChI is InChI=1S/C18H30N2O3S2/c1-11(2)17(12(3)4)20-25(22,23)14-8-9-16(24-7)15(10-14)19-18(21)13(5)6/h8-13,17,20H,1-7H3,(H,19,21). The minimum atomic E-state index is -3.66. The zero-order chi connectivity index (χ0) is 19.4. The van der Waals surface area contributed by atoms with E-state index in [1.807, 2.05) is 34.0 Å². The lowest BCUT2D eigenvalue weighted by molar-refractivity contribution is -0.118. The zero-order valence-electron chi connectivity index (χ0n) is 16.1. The Kier molecular flexibility index (Phi) is 7.96. The summed E-state index contributed by atoms with van der Waals surface area (Å²) in [6.07, 6.45) is 1.89. The van der Waals surface area contributed by atoms with Crippen molar-refractivity contribution in [2.45, 2.75) is 57.4 Å². The lowest BCUT2D eigenvalue weighted by Crippen LogP contribution is -2.42. The van der Waals surface area contributed by atoms with Crippen molar-refractivity contribution >= 4 is 33.4 Å². The highest BCUT2D eigenvalue weighted by atomic mass is 32.2. The van der Waals surface area contributed by atoms with Crippen molar-refractivity contribution in [2.75, 3.05) is 11.6 Å². The molecule has 0 saturated carbocycles. The molecule has 1 aromatic rings. The smallest absolute Gasteiger partial charge is 0.240 e. The number of carbonyl (C=O) groups excluding carboxylic acids is 1. The molecular weight excluding hydrogens is 356 g/mol.